The summed E-state index contributed by atoms with van der Waals surface area (Å²) in [5.41, 5.74) is 0. The smallest absolute Gasteiger partial charge is 0.0503 e. The van der Waals surface area contributed by atoms with E-state index in [-0.39, 0.29) is 0 Å². The molecule has 1 fully saturated rings. The van der Waals surface area contributed by atoms with Crippen molar-refractivity contribution < 1.29 is 4.74 Å². The lowest BCUT2D eigenvalue weighted by atomic mass is 10.2. The van der Waals surface area contributed by atoms with Gasteiger partial charge in [0, 0.05) is 6.61 Å². The predicted molar refractivity (Wildman–Crippen MR) is 37.3 cm³/mol. The molecule has 1 aliphatic rings. The molecular formula is C6H12OS. The van der Waals surface area contributed by atoms with Crippen molar-refractivity contribution in [1.82, 2.24) is 0 Å². The summed E-state index contributed by atoms with van der Waals surface area (Å²) in [6.45, 7) is 1.99. The Morgan fingerprint density at radius 1 is 1.75 bits per heavy atom. The van der Waals surface area contributed by atoms with Crippen molar-refractivity contribution >= 4 is 11.8 Å². The van der Waals surface area contributed by atoms with Gasteiger partial charge in [0.15, 0.2) is 0 Å². The molecule has 0 aromatic carbocycles. The van der Waals surface area contributed by atoms with E-state index < -0.39 is 0 Å². The Kier molecular flexibility index (Phi) is 2.70. The Hall–Kier alpha value is 0.310. The van der Waals surface area contributed by atoms with Gasteiger partial charge in [0.05, 0.1) is 6.61 Å². The maximum atomic E-state index is 5.20. The van der Waals surface area contributed by atoms with E-state index in [1.165, 1.54) is 12.2 Å². The van der Waals surface area contributed by atoms with E-state index in [1.54, 1.807) is 0 Å². The fourth-order valence-electron chi connectivity index (χ4n) is 0.950. The van der Waals surface area contributed by atoms with Gasteiger partial charge in [-0.05, 0) is 24.3 Å². The van der Waals surface area contributed by atoms with E-state index in [0.29, 0.717) is 0 Å². The molecule has 1 saturated heterocycles. The van der Waals surface area contributed by atoms with Crippen LogP contribution in [-0.4, -0.2) is 25.2 Å². The van der Waals surface area contributed by atoms with Crippen LogP contribution in [0.1, 0.15) is 6.42 Å². The third-order valence-electron chi connectivity index (χ3n) is 1.43. The van der Waals surface area contributed by atoms with Crippen LogP contribution in [0.3, 0.4) is 0 Å². The zero-order chi connectivity index (χ0) is 5.82. The van der Waals surface area contributed by atoms with Crippen molar-refractivity contribution in [2.75, 3.05) is 25.2 Å². The van der Waals surface area contributed by atoms with Crippen LogP contribution in [0.25, 0.3) is 0 Å². The van der Waals surface area contributed by atoms with Crippen molar-refractivity contribution in [3.8, 4) is 0 Å². The van der Waals surface area contributed by atoms with E-state index >= 15 is 0 Å². The van der Waals surface area contributed by atoms with Crippen LogP contribution in [0.2, 0.25) is 0 Å². The molecule has 0 spiro atoms. The van der Waals surface area contributed by atoms with Crippen molar-refractivity contribution in [3.05, 3.63) is 0 Å². The first-order valence-corrected chi connectivity index (χ1v) is 4.39. The summed E-state index contributed by atoms with van der Waals surface area (Å²) in [7, 11) is 0. The summed E-state index contributed by atoms with van der Waals surface area (Å²) < 4.78 is 5.20. The van der Waals surface area contributed by atoms with Crippen LogP contribution in [-0.2, 0) is 4.74 Å². The molecule has 8 heavy (non-hydrogen) atoms. The second kappa shape index (κ2) is 3.36. The average molecular weight is 132 g/mol. The number of rotatable bonds is 2. The second-order valence-corrected chi connectivity index (χ2v) is 3.10. The monoisotopic (exact) mass is 132 g/mol. The Bertz CT molecular complexity index is 59.5. The summed E-state index contributed by atoms with van der Waals surface area (Å²) in [5.74, 6) is 2.13. The highest BCUT2D eigenvalue weighted by Gasteiger charge is 2.13. The summed E-state index contributed by atoms with van der Waals surface area (Å²) in [4.78, 5) is 0. The molecule has 1 nitrogen and oxygen atoms in total. The van der Waals surface area contributed by atoms with E-state index in [4.69, 9.17) is 4.74 Å². The minimum Gasteiger partial charge on any atom is -0.381 e. The van der Waals surface area contributed by atoms with Gasteiger partial charge >= 0.3 is 0 Å². The highest BCUT2D eigenvalue weighted by molar-refractivity contribution is 7.98. The van der Waals surface area contributed by atoms with Crippen LogP contribution in [0.5, 0.6) is 0 Å². The minimum atomic E-state index is 0.852. The first-order chi connectivity index (χ1) is 3.93. The lowest BCUT2D eigenvalue weighted by molar-refractivity contribution is 0.189. The number of ether oxygens (including phenoxy) is 1. The molecule has 0 saturated carbocycles. The molecule has 2 heteroatoms. The quantitative estimate of drug-likeness (QED) is 0.561. The Morgan fingerprint density at radius 3 is 3.12 bits per heavy atom. The first kappa shape index (κ1) is 6.43. The topological polar surface area (TPSA) is 9.23 Å². The van der Waals surface area contributed by atoms with Gasteiger partial charge in [-0.25, -0.2) is 0 Å². The standard InChI is InChI=1S/C6H12OS/c1-8-5-6-2-3-7-4-6/h6H,2-5H2,1H3/t6-/m0/s1. The van der Waals surface area contributed by atoms with Gasteiger partial charge in [-0.3, -0.25) is 0 Å². The zero-order valence-corrected chi connectivity index (χ0v) is 6.04. The Morgan fingerprint density at radius 2 is 2.62 bits per heavy atom. The molecule has 0 N–H and O–H groups in total. The zero-order valence-electron chi connectivity index (χ0n) is 5.22. The van der Waals surface area contributed by atoms with Crippen molar-refractivity contribution in [1.29, 1.82) is 0 Å². The molecule has 1 rings (SSSR count). The molecule has 0 unspecified atom stereocenters. The fraction of sp³-hybridized carbons (Fsp3) is 1.00. The predicted octanol–water partition coefficient (Wildman–Crippen LogP) is 1.39. The second-order valence-electron chi connectivity index (χ2n) is 2.18. The largest absolute Gasteiger partial charge is 0.381 e. The molecular weight excluding hydrogens is 120 g/mol. The van der Waals surface area contributed by atoms with Gasteiger partial charge in [0.2, 0.25) is 0 Å². The maximum absolute atomic E-state index is 5.20. The highest BCUT2D eigenvalue weighted by atomic mass is 32.2. The highest BCUT2D eigenvalue weighted by Crippen LogP contribution is 2.15. The maximum Gasteiger partial charge on any atom is 0.0503 e. The SMILES string of the molecule is CSC[C@H]1CCOC1. The van der Waals surface area contributed by atoms with Gasteiger partial charge in [-0.1, -0.05) is 0 Å². The Balaban J connectivity index is 2.06. The van der Waals surface area contributed by atoms with Gasteiger partial charge in [-0.2, -0.15) is 11.8 Å². The molecule has 0 bridgehead atoms. The van der Waals surface area contributed by atoms with Crippen molar-refractivity contribution in [2.45, 2.75) is 6.42 Å². The van der Waals surface area contributed by atoms with Gasteiger partial charge in [0.25, 0.3) is 0 Å². The van der Waals surface area contributed by atoms with E-state index in [2.05, 4.69) is 6.26 Å². The Labute approximate surface area is 54.8 Å². The third-order valence-corrected chi connectivity index (χ3v) is 2.23. The first-order valence-electron chi connectivity index (χ1n) is 3.00. The average Bonchev–Trinajstić information content (AvgIpc) is 2.19. The van der Waals surface area contributed by atoms with Crippen LogP contribution in [0, 0.1) is 5.92 Å². The molecule has 0 aromatic heterocycles. The molecule has 0 radical (unpaired) electrons. The van der Waals surface area contributed by atoms with Gasteiger partial charge in [0.1, 0.15) is 0 Å². The molecule has 1 aliphatic heterocycles. The normalized spacial score (nSPS) is 28.9. The number of hydrogen-bond donors (Lipinski definition) is 0. The lowest BCUT2D eigenvalue weighted by Crippen LogP contribution is -2.00. The summed E-state index contributed by atoms with van der Waals surface area (Å²) in [6, 6.07) is 0. The lowest BCUT2D eigenvalue weighted by Gasteiger charge is -2.01. The molecule has 48 valence electrons. The minimum absolute atomic E-state index is 0.852. The number of hydrogen-bond acceptors (Lipinski definition) is 2. The van der Waals surface area contributed by atoms with E-state index in [1.807, 2.05) is 11.8 Å². The van der Waals surface area contributed by atoms with Gasteiger partial charge < -0.3 is 4.74 Å². The van der Waals surface area contributed by atoms with Crippen LogP contribution >= 0.6 is 11.8 Å². The molecule has 1 heterocycles. The number of thioether (sulfide) groups is 1. The van der Waals surface area contributed by atoms with E-state index in [9.17, 15) is 0 Å². The molecule has 0 amide bonds. The summed E-state index contributed by atoms with van der Waals surface area (Å²) in [6.07, 6.45) is 3.43. The molecule has 0 aliphatic carbocycles. The molecule has 1 atom stereocenters. The fourth-order valence-corrected chi connectivity index (χ4v) is 1.68. The third kappa shape index (κ3) is 1.67. The summed E-state index contributed by atoms with van der Waals surface area (Å²) in [5, 5.41) is 0. The van der Waals surface area contributed by atoms with Crippen LogP contribution < -0.4 is 0 Å². The van der Waals surface area contributed by atoms with Crippen LogP contribution in [0.4, 0.5) is 0 Å². The van der Waals surface area contributed by atoms with E-state index in [0.717, 1.165) is 19.1 Å². The van der Waals surface area contributed by atoms with Crippen LogP contribution in [0.15, 0.2) is 0 Å². The molecule has 0 aromatic rings. The van der Waals surface area contributed by atoms with Crippen molar-refractivity contribution in [2.24, 2.45) is 5.92 Å². The summed E-state index contributed by atoms with van der Waals surface area (Å²) >= 11 is 1.92. The van der Waals surface area contributed by atoms with Crippen molar-refractivity contribution in [3.63, 3.8) is 0 Å². The van der Waals surface area contributed by atoms with Gasteiger partial charge in [-0.15, -0.1) is 0 Å².